The molecule has 5 aromatic carbocycles. The van der Waals surface area contributed by atoms with Crippen molar-refractivity contribution in [2.45, 2.75) is 43.5 Å². The molecule has 0 bridgehead atoms. The summed E-state index contributed by atoms with van der Waals surface area (Å²) >= 11 is 0. The normalized spacial score (nSPS) is 19.3. The number of rotatable bonds is 8. The highest BCUT2D eigenvalue weighted by Gasteiger charge is 2.52. The number of hydrogen-bond donors (Lipinski definition) is 14. The number of Topliss-reactive ketones (excluding diaryl/α,β-unsaturated/α-hetero) is 1. The zero-order valence-corrected chi connectivity index (χ0v) is 32.6. The highest BCUT2D eigenvalue weighted by molar-refractivity contribution is 6.08. The molecule has 0 aliphatic carbocycles. The Labute approximate surface area is 361 Å². The van der Waals surface area contributed by atoms with Gasteiger partial charge in [0.2, 0.25) is 17.8 Å². The minimum Gasteiger partial charge on any atom is -0.507 e. The number of hydrogen-bond acceptors (Lipinski definition) is 23. The number of ether oxygens (including phenoxy) is 5. The van der Waals surface area contributed by atoms with Crippen LogP contribution in [0.3, 0.4) is 0 Å². The predicted molar refractivity (Wildman–Crippen MR) is 209 cm³/mol. The smallest absolute Gasteiger partial charge is 0.339 e. The summed E-state index contributed by atoms with van der Waals surface area (Å²) in [5.74, 6) is -19.3. The van der Waals surface area contributed by atoms with Crippen molar-refractivity contribution < 1.29 is 114 Å². The number of carbonyl (C=O) groups excluding carboxylic acids is 4. The summed E-state index contributed by atoms with van der Waals surface area (Å²) in [6.45, 7) is -1.08. The van der Waals surface area contributed by atoms with Gasteiger partial charge in [0.05, 0.1) is 16.7 Å². The van der Waals surface area contributed by atoms with Gasteiger partial charge in [0, 0.05) is 29.7 Å². The monoisotopic (exact) mass is 906 g/mol. The van der Waals surface area contributed by atoms with E-state index in [1.54, 1.807) is 0 Å². The van der Waals surface area contributed by atoms with E-state index in [2.05, 4.69) is 0 Å². The van der Waals surface area contributed by atoms with Crippen LogP contribution in [-0.2, 0) is 25.4 Å². The van der Waals surface area contributed by atoms with Gasteiger partial charge in [-0.05, 0) is 48.4 Å². The van der Waals surface area contributed by atoms with E-state index >= 15 is 0 Å². The van der Waals surface area contributed by atoms with E-state index in [9.17, 15) is 90.7 Å². The number of phenolic OH excluding ortho intramolecular Hbond substituents is 13. The summed E-state index contributed by atoms with van der Waals surface area (Å²) in [6, 6.07) is 7.70. The lowest BCUT2D eigenvalue weighted by Crippen LogP contribution is -2.62. The standard InChI is InChI=1S/C42H34O23/c43-18-3-1-13(5-20(18)45)2-4-19(44)30-21(46)8-15(9-22(30)47)62-42-36(57)38(65-39(58)14-6-23(48)31(52)24(49)7-14)37-27(63-42)12-61-40(59)16-10-25(50)32(53)34(55)28(16)29-17(41(60)64-37)11-26(51)33(54)35(29)56/h1,3,5-11,27,36-38,42-43,45-57H,2,4,12H2. The van der Waals surface area contributed by atoms with Gasteiger partial charge in [-0.25, -0.2) is 14.4 Å². The van der Waals surface area contributed by atoms with Gasteiger partial charge in [-0.15, -0.1) is 0 Å². The SMILES string of the molecule is O=C(OC1C(O)C(Oc2cc(O)c(C(=O)CCc3ccc(O)c(O)c3)c(O)c2)OC2COC(=O)c3cc(O)c(O)c(O)c3-c3c(cc(O)c(O)c3O)C(=O)OC21)c1cc(O)c(O)c(O)c1. The molecule has 0 radical (unpaired) electrons. The average molecular weight is 907 g/mol. The number of carbonyl (C=O) groups is 4. The van der Waals surface area contributed by atoms with Crippen LogP contribution in [0.15, 0.2) is 54.6 Å². The summed E-state index contributed by atoms with van der Waals surface area (Å²) < 4.78 is 28.0. The molecule has 65 heavy (non-hydrogen) atoms. The highest BCUT2D eigenvalue weighted by Crippen LogP contribution is 2.53. The topological polar surface area (TPSA) is 398 Å². The van der Waals surface area contributed by atoms with Crippen LogP contribution in [0.4, 0.5) is 0 Å². The molecule has 5 aromatic rings. The summed E-state index contributed by atoms with van der Waals surface area (Å²) in [5.41, 5.74) is -4.67. The Morgan fingerprint density at radius 1 is 0.615 bits per heavy atom. The van der Waals surface area contributed by atoms with Crippen LogP contribution in [0.1, 0.15) is 53.4 Å². The highest BCUT2D eigenvalue weighted by atomic mass is 16.7. The Morgan fingerprint density at radius 2 is 1.17 bits per heavy atom. The van der Waals surface area contributed by atoms with E-state index in [0.717, 1.165) is 12.1 Å². The molecule has 23 nitrogen and oxygen atoms in total. The second kappa shape index (κ2) is 16.9. The molecule has 5 atom stereocenters. The maximum atomic E-state index is 14.1. The number of fused-ring (bicyclic) bond motifs is 4. The number of benzene rings is 5. The van der Waals surface area contributed by atoms with Crippen molar-refractivity contribution in [3.8, 4) is 91.6 Å². The van der Waals surface area contributed by atoms with Crippen molar-refractivity contribution in [1.82, 2.24) is 0 Å². The number of ketones is 1. The van der Waals surface area contributed by atoms with E-state index in [-0.39, 0.29) is 12.8 Å². The van der Waals surface area contributed by atoms with E-state index in [1.165, 1.54) is 18.2 Å². The van der Waals surface area contributed by atoms with Crippen LogP contribution >= 0.6 is 0 Å². The predicted octanol–water partition coefficient (Wildman–Crippen LogP) is 2.43. The summed E-state index contributed by atoms with van der Waals surface area (Å²) in [7, 11) is 0. The minimum atomic E-state index is -2.34. The molecule has 1 saturated heterocycles. The van der Waals surface area contributed by atoms with Gasteiger partial charge in [0.15, 0.2) is 75.8 Å². The fraction of sp³-hybridized carbons (Fsp3) is 0.190. The van der Waals surface area contributed by atoms with E-state index in [1.807, 2.05) is 0 Å². The molecule has 0 amide bonds. The van der Waals surface area contributed by atoms with Crippen molar-refractivity contribution in [2.24, 2.45) is 0 Å². The van der Waals surface area contributed by atoms with E-state index in [4.69, 9.17) is 23.7 Å². The van der Waals surface area contributed by atoms with E-state index in [0.29, 0.717) is 29.8 Å². The maximum Gasteiger partial charge on any atom is 0.339 e. The molecule has 1 fully saturated rings. The molecular weight excluding hydrogens is 872 g/mol. The second-order valence-corrected chi connectivity index (χ2v) is 14.5. The fourth-order valence-corrected chi connectivity index (χ4v) is 7.04. The van der Waals surface area contributed by atoms with Crippen molar-refractivity contribution in [2.75, 3.05) is 6.61 Å². The van der Waals surface area contributed by atoms with Crippen LogP contribution in [0, 0.1) is 0 Å². The molecule has 5 unspecified atom stereocenters. The average Bonchev–Trinajstić information content (AvgIpc) is 3.26. The van der Waals surface area contributed by atoms with Crippen LogP contribution in [-0.4, -0.2) is 132 Å². The number of aliphatic hydroxyl groups excluding tert-OH is 1. The first kappa shape index (κ1) is 44.4. The number of cyclic esters (lactones) is 1. The van der Waals surface area contributed by atoms with Gasteiger partial charge in [0.25, 0.3) is 0 Å². The molecule has 0 aromatic heterocycles. The van der Waals surface area contributed by atoms with Crippen molar-refractivity contribution in [1.29, 1.82) is 0 Å². The molecule has 2 aliphatic rings. The summed E-state index contributed by atoms with van der Waals surface area (Å²) in [5, 5.41) is 146. The lowest BCUT2D eigenvalue weighted by Gasteiger charge is -2.43. The van der Waals surface area contributed by atoms with E-state index < -0.39 is 175 Å². The molecule has 0 saturated carbocycles. The Hall–Kier alpha value is -8.70. The number of aromatic hydroxyl groups is 13. The zero-order valence-electron chi connectivity index (χ0n) is 32.6. The first-order valence-corrected chi connectivity index (χ1v) is 18.7. The zero-order chi connectivity index (χ0) is 47.3. The molecule has 14 N–H and O–H groups in total. The Kier molecular flexibility index (Phi) is 11.5. The maximum absolute atomic E-state index is 14.1. The first-order valence-electron chi connectivity index (χ1n) is 18.7. The molecular formula is C42H34O23. The largest absolute Gasteiger partial charge is 0.507 e. The van der Waals surface area contributed by atoms with Crippen LogP contribution < -0.4 is 4.74 Å². The number of aryl methyl sites for hydroxylation is 1. The van der Waals surface area contributed by atoms with Gasteiger partial charge < -0.3 is 95.2 Å². The molecule has 7 rings (SSSR count). The van der Waals surface area contributed by atoms with Gasteiger partial charge in [0.1, 0.15) is 35.5 Å². The van der Waals surface area contributed by atoms with Crippen molar-refractivity contribution in [3.63, 3.8) is 0 Å². The Balaban J connectivity index is 1.28. The van der Waals surface area contributed by atoms with Crippen molar-refractivity contribution in [3.05, 3.63) is 82.4 Å². The summed E-state index contributed by atoms with van der Waals surface area (Å²) in [6.07, 6.45) is -11.2. The van der Waals surface area contributed by atoms with Gasteiger partial charge in [-0.3, -0.25) is 4.79 Å². The third-order valence-electron chi connectivity index (χ3n) is 10.3. The van der Waals surface area contributed by atoms with Gasteiger partial charge in [-0.1, -0.05) is 6.07 Å². The molecule has 2 aliphatic heterocycles. The third kappa shape index (κ3) is 8.21. The number of esters is 3. The van der Waals surface area contributed by atoms with Gasteiger partial charge in [-0.2, -0.15) is 0 Å². The number of aliphatic hydroxyl groups is 1. The van der Waals surface area contributed by atoms with Crippen LogP contribution in [0.5, 0.6) is 80.5 Å². The fourth-order valence-electron chi connectivity index (χ4n) is 7.04. The first-order chi connectivity index (χ1) is 30.7. The second-order valence-electron chi connectivity index (χ2n) is 14.5. The molecule has 23 heteroatoms. The van der Waals surface area contributed by atoms with Crippen LogP contribution in [0.25, 0.3) is 11.1 Å². The Morgan fingerprint density at radius 3 is 1.74 bits per heavy atom. The third-order valence-corrected chi connectivity index (χ3v) is 10.3. The van der Waals surface area contributed by atoms with Crippen LogP contribution in [0.2, 0.25) is 0 Å². The molecule has 340 valence electrons. The lowest BCUT2D eigenvalue weighted by molar-refractivity contribution is -0.276. The quantitative estimate of drug-likeness (QED) is 0.0460. The Bertz CT molecular complexity index is 2750. The molecule has 0 spiro atoms. The number of phenols is 13. The van der Waals surface area contributed by atoms with Gasteiger partial charge >= 0.3 is 17.9 Å². The molecule has 2 heterocycles. The lowest BCUT2D eigenvalue weighted by atomic mass is 9.92. The van der Waals surface area contributed by atoms with Crippen molar-refractivity contribution >= 4 is 23.7 Å². The summed E-state index contributed by atoms with van der Waals surface area (Å²) in [4.78, 5) is 54.6. The minimum absolute atomic E-state index is 0.0140.